The fraction of sp³-hybridized carbons (Fsp3) is 0.889. The van der Waals surface area contributed by atoms with Crippen LogP contribution in [0.1, 0.15) is 27.7 Å². The van der Waals surface area contributed by atoms with Crippen LogP contribution in [0.3, 0.4) is 0 Å². The molecule has 0 bridgehead atoms. The number of rotatable bonds is 4. The molecule has 0 atom stereocenters. The third-order valence-electron chi connectivity index (χ3n) is 1.77. The Morgan fingerprint density at radius 3 is 2.08 bits per heavy atom. The fourth-order valence-corrected chi connectivity index (χ4v) is 1.09. The molecule has 0 aromatic carbocycles. The van der Waals surface area contributed by atoms with Crippen LogP contribution < -0.4 is 5.73 Å². The van der Waals surface area contributed by atoms with Gasteiger partial charge in [-0.25, -0.2) is 0 Å². The van der Waals surface area contributed by atoms with Crippen molar-refractivity contribution in [1.29, 1.82) is 0 Å². The summed E-state index contributed by atoms with van der Waals surface area (Å²) in [6, 6.07) is 0.253. The van der Waals surface area contributed by atoms with Crippen LogP contribution in [-0.2, 0) is 4.79 Å². The Hall–Kier alpha value is -0.570. The third kappa shape index (κ3) is 3.22. The topological polar surface area (TPSA) is 46.3 Å². The number of carbonyl (C=O) groups is 1. The van der Waals surface area contributed by atoms with Crippen LogP contribution in [0.2, 0.25) is 0 Å². The van der Waals surface area contributed by atoms with Crippen LogP contribution in [0.5, 0.6) is 0 Å². The van der Waals surface area contributed by atoms with E-state index in [1.165, 1.54) is 0 Å². The van der Waals surface area contributed by atoms with Gasteiger partial charge in [-0.15, -0.1) is 0 Å². The molecule has 0 rings (SSSR count). The van der Waals surface area contributed by atoms with Crippen molar-refractivity contribution >= 4 is 5.91 Å². The van der Waals surface area contributed by atoms with E-state index in [4.69, 9.17) is 5.73 Å². The number of carbonyl (C=O) groups excluding carboxylic acids is 1. The van der Waals surface area contributed by atoms with Crippen molar-refractivity contribution in [2.45, 2.75) is 33.7 Å². The van der Waals surface area contributed by atoms with Gasteiger partial charge in [0, 0.05) is 25.0 Å². The molecule has 0 spiro atoms. The lowest BCUT2D eigenvalue weighted by Gasteiger charge is -2.27. The minimum atomic E-state index is 0.0685. The highest BCUT2D eigenvalue weighted by atomic mass is 16.2. The second kappa shape index (κ2) is 5.14. The van der Waals surface area contributed by atoms with E-state index < -0.39 is 0 Å². The summed E-state index contributed by atoms with van der Waals surface area (Å²) in [5.74, 6) is 0.259. The maximum Gasteiger partial charge on any atom is 0.225 e. The number of hydrogen-bond donors (Lipinski definition) is 1. The molecule has 0 aliphatic heterocycles. The maximum absolute atomic E-state index is 11.5. The van der Waals surface area contributed by atoms with Crippen LogP contribution in [0.15, 0.2) is 0 Å². The van der Waals surface area contributed by atoms with Crippen LogP contribution in [0.25, 0.3) is 0 Å². The number of hydrogen-bond acceptors (Lipinski definition) is 2. The Morgan fingerprint density at radius 1 is 1.33 bits per heavy atom. The molecular weight excluding hydrogens is 152 g/mol. The van der Waals surface area contributed by atoms with Gasteiger partial charge in [0.2, 0.25) is 5.91 Å². The molecule has 0 heterocycles. The molecule has 72 valence electrons. The van der Waals surface area contributed by atoms with Crippen molar-refractivity contribution in [1.82, 2.24) is 4.90 Å². The lowest BCUT2D eigenvalue weighted by Crippen LogP contribution is -2.42. The monoisotopic (exact) mass is 172 g/mol. The summed E-state index contributed by atoms with van der Waals surface area (Å²) in [4.78, 5) is 13.4. The van der Waals surface area contributed by atoms with Gasteiger partial charge in [0.15, 0.2) is 0 Å². The van der Waals surface area contributed by atoms with Gasteiger partial charge in [-0.2, -0.15) is 0 Å². The van der Waals surface area contributed by atoms with Gasteiger partial charge in [0.05, 0.1) is 0 Å². The first-order valence-electron chi connectivity index (χ1n) is 4.51. The lowest BCUT2D eigenvalue weighted by atomic mass is 10.1. The van der Waals surface area contributed by atoms with Crippen molar-refractivity contribution in [2.75, 3.05) is 13.1 Å². The molecule has 0 aromatic heterocycles. The molecule has 3 heteroatoms. The summed E-state index contributed by atoms with van der Waals surface area (Å²) < 4.78 is 0. The molecule has 0 fully saturated rings. The molecule has 2 N–H and O–H groups in total. The molecule has 0 aliphatic carbocycles. The summed E-state index contributed by atoms with van der Waals surface area (Å²) >= 11 is 0. The molecule has 0 aliphatic rings. The average molecular weight is 172 g/mol. The van der Waals surface area contributed by atoms with E-state index in [-0.39, 0.29) is 17.9 Å². The Morgan fingerprint density at radius 2 is 1.83 bits per heavy atom. The summed E-state index contributed by atoms with van der Waals surface area (Å²) in [7, 11) is 0. The SMILES string of the molecule is CC(C)C(=O)N(CCN)C(C)C. The highest BCUT2D eigenvalue weighted by Crippen LogP contribution is 2.04. The minimum Gasteiger partial charge on any atom is -0.339 e. The van der Waals surface area contributed by atoms with Gasteiger partial charge >= 0.3 is 0 Å². The van der Waals surface area contributed by atoms with Crippen LogP contribution in [0, 0.1) is 5.92 Å². The minimum absolute atomic E-state index is 0.0685. The first-order chi connectivity index (χ1) is 5.50. The predicted molar refractivity (Wildman–Crippen MR) is 50.7 cm³/mol. The van der Waals surface area contributed by atoms with Crippen molar-refractivity contribution in [3.05, 3.63) is 0 Å². The molecule has 12 heavy (non-hydrogen) atoms. The van der Waals surface area contributed by atoms with Crippen molar-refractivity contribution < 1.29 is 4.79 Å². The Kier molecular flexibility index (Phi) is 4.90. The van der Waals surface area contributed by atoms with Crippen molar-refractivity contribution in [3.8, 4) is 0 Å². The van der Waals surface area contributed by atoms with E-state index in [1.54, 1.807) is 0 Å². The fourth-order valence-electron chi connectivity index (χ4n) is 1.09. The zero-order valence-corrected chi connectivity index (χ0v) is 8.50. The maximum atomic E-state index is 11.5. The predicted octanol–water partition coefficient (Wildman–Crippen LogP) is 0.838. The highest BCUT2D eigenvalue weighted by Gasteiger charge is 2.18. The van der Waals surface area contributed by atoms with Gasteiger partial charge in [-0.3, -0.25) is 4.79 Å². The summed E-state index contributed by atoms with van der Waals surface area (Å²) in [5, 5.41) is 0. The van der Waals surface area contributed by atoms with Crippen LogP contribution in [0.4, 0.5) is 0 Å². The molecule has 3 nitrogen and oxygen atoms in total. The molecule has 0 saturated heterocycles. The van der Waals surface area contributed by atoms with Crippen molar-refractivity contribution in [2.24, 2.45) is 11.7 Å². The normalized spacial score (nSPS) is 10.9. The Bertz CT molecular complexity index is 143. The first-order valence-corrected chi connectivity index (χ1v) is 4.51. The molecule has 0 saturated carbocycles. The summed E-state index contributed by atoms with van der Waals surface area (Å²) in [6.07, 6.45) is 0. The van der Waals surface area contributed by atoms with E-state index in [2.05, 4.69) is 0 Å². The molecule has 0 radical (unpaired) electrons. The van der Waals surface area contributed by atoms with Crippen LogP contribution >= 0.6 is 0 Å². The quantitative estimate of drug-likeness (QED) is 0.683. The summed E-state index contributed by atoms with van der Waals surface area (Å²) in [6.45, 7) is 9.04. The Labute approximate surface area is 74.9 Å². The second-order valence-electron chi connectivity index (χ2n) is 3.57. The Balaban J connectivity index is 4.19. The smallest absolute Gasteiger partial charge is 0.225 e. The lowest BCUT2D eigenvalue weighted by molar-refractivity contribution is -0.136. The van der Waals surface area contributed by atoms with E-state index in [0.717, 1.165) is 0 Å². The second-order valence-corrected chi connectivity index (χ2v) is 3.57. The van der Waals surface area contributed by atoms with E-state index in [9.17, 15) is 4.79 Å². The summed E-state index contributed by atoms with van der Waals surface area (Å²) in [5.41, 5.74) is 5.41. The van der Waals surface area contributed by atoms with E-state index in [0.29, 0.717) is 13.1 Å². The number of amides is 1. The number of nitrogens with two attached hydrogens (primary N) is 1. The van der Waals surface area contributed by atoms with Gasteiger partial charge in [0.25, 0.3) is 0 Å². The highest BCUT2D eigenvalue weighted by molar-refractivity contribution is 5.78. The zero-order valence-electron chi connectivity index (χ0n) is 8.50. The van der Waals surface area contributed by atoms with E-state index in [1.807, 2.05) is 32.6 Å². The van der Waals surface area contributed by atoms with Gasteiger partial charge in [0.1, 0.15) is 0 Å². The van der Waals surface area contributed by atoms with Gasteiger partial charge in [-0.1, -0.05) is 13.8 Å². The van der Waals surface area contributed by atoms with Gasteiger partial charge < -0.3 is 10.6 Å². The van der Waals surface area contributed by atoms with Crippen LogP contribution in [-0.4, -0.2) is 29.9 Å². The van der Waals surface area contributed by atoms with Gasteiger partial charge in [-0.05, 0) is 13.8 Å². The van der Waals surface area contributed by atoms with Crippen molar-refractivity contribution in [3.63, 3.8) is 0 Å². The molecule has 0 unspecified atom stereocenters. The zero-order chi connectivity index (χ0) is 9.72. The first kappa shape index (κ1) is 11.4. The van der Waals surface area contributed by atoms with E-state index >= 15 is 0 Å². The number of nitrogens with zero attached hydrogens (tertiary/aromatic N) is 1. The third-order valence-corrected chi connectivity index (χ3v) is 1.77. The molecular formula is C9H20N2O. The standard InChI is InChI=1S/C9H20N2O/c1-7(2)9(12)11(6-5-10)8(3)4/h7-8H,5-6,10H2,1-4H3. The average Bonchev–Trinajstić information content (AvgIpc) is 1.98. The molecule has 0 aromatic rings. The molecule has 1 amide bonds. The largest absolute Gasteiger partial charge is 0.339 e.